The van der Waals surface area contributed by atoms with Gasteiger partial charge in [-0.2, -0.15) is 4.98 Å². The van der Waals surface area contributed by atoms with E-state index in [1.54, 1.807) is 0 Å². The van der Waals surface area contributed by atoms with Crippen molar-refractivity contribution in [1.82, 2.24) is 15.2 Å². The van der Waals surface area contributed by atoms with E-state index in [1.165, 1.54) is 24.9 Å². The molecule has 1 fully saturated rings. The molecule has 3 heterocycles. The van der Waals surface area contributed by atoms with Crippen molar-refractivity contribution in [2.24, 2.45) is 5.16 Å². The van der Waals surface area contributed by atoms with Crippen LogP contribution in [0.5, 0.6) is 0 Å². The number of β-lactam (4-membered cyclic amide) rings is 1. The minimum atomic E-state index is -1.19. The largest absolute Gasteiger partial charge is 0.477 e. The summed E-state index contributed by atoms with van der Waals surface area (Å²) in [5, 5.41) is 14.7. The molecule has 1 aromatic heterocycles. The first-order valence-corrected chi connectivity index (χ1v) is 8.00. The molecule has 2 aliphatic rings. The predicted octanol–water partition coefficient (Wildman–Crippen LogP) is -1.02. The molecule has 4 N–H and O–H groups in total. The minimum absolute atomic E-state index is 0.0443. The number of nitrogens with one attached hydrogen (secondary N) is 1. The van der Waals surface area contributed by atoms with E-state index < -0.39 is 29.2 Å². The monoisotopic (exact) mass is 367 g/mol. The van der Waals surface area contributed by atoms with Gasteiger partial charge in [0, 0.05) is 5.75 Å². The first-order valence-electron chi connectivity index (χ1n) is 6.95. The molecule has 0 spiro atoms. The number of thioether (sulfide) groups is 1. The van der Waals surface area contributed by atoms with Crippen LogP contribution < -0.4 is 11.1 Å². The average Bonchev–Trinajstić information content (AvgIpc) is 3.02. The summed E-state index contributed by atoms with van der Waals surface area (Å²) >= 11 is 1.34. The number of carboxylic acid groups (broad SMARTS) is 1. The summed E-state index contributed by atoms with van der Waals surface area (Å²) in [4.78, 5) is 45.4. The lowest BCUT2D eigenvalue weighted by molar-refractivity contribution is -0.150. The topological polar surface area (TPSA) is 160 Å². The zero-order valence-electron chi connectivity index (χ0n) is 12.8. The molecule has 0 aliphatic carbocycles. The predicted molar refractivity (Wildman–Crippen MR) is 85.2 cm³/mol. The summed E-state index contributed by atoms with van der Waals surface area (Å²) in [6, 6.07) is -1.04. The smallest absolute Gasteiger partial charge is 0.352 e. The fourth-order valence-corrected chi connectivity index (χ4v) is 3.63. The van der Waals surface area contributed by atoms with Crippen LogP contribution in [0.4, 0.5) is 6.01 Å². The summed E-state index contributed by atoms with van der Waals surface area (Å²) < 4.78 is 4.83. The van der Waals surface area contributed by atoms with Gasteiger partial charge in [0.25, 0.3) is 17.8 Å². The number of oxazole rings is 1. The zero-order valence-corrected chi connectivity index (χ0v) is 13.6. The molecule has 11 nitrogen and oxygen atoms in total. The quantitative estimate of drug-likeness (QED) is 0.336. The number of hydrogen-bond donors (Lipinski definition) is 3. The molecule has 0 bridgehead atoms. The minimum Gasteiger partial charge on any atom is -0.477 e. The fourth-order valence-electron chi connectivity index (χ4n) is 2.44. The Labute approximate surface area is 144 Å². The number of oxime groups is 1. The normalized spacial score (nSPS) is 22.6. The van der Waals surface area contributed by atoms with E-state index in [1.807, 2.05) is 0 Å². The molecule has 2 amide bonds. The maximum Gasteiger partial charge on any atom is 0.352 e. The maximum absolute atomic E-state index is 12.4. The second kappa shape index (κ2) is 6.47. The van der Waals surface area contributed by atoms with Crippen molar-refractivity contribution < 1.29 is 28.7 Å². The van der Waals surface area contributed by atoms with Crippen molar-refractivity contribution in [3.8, 4) is 0 Å². The number of fused-ring (bicyclic) bond motifs is 1. The Bertz CT molecular complexity index is 803. The van der Waals surface area contributed by atoms with Crippen molar-refractivity contribution in [2.75, 3.05) is 18.6 Å². The Morgan fingerprint density at radius 3 is 2.96 bits per heavy atom. The van der Waals surface area contributed by atoms with E-state index >= 15 is 0 Å². The highest BCUT2D eigenvalue weighted by Crippen LogP contribution is 2.37. The molecule has 0 radical (unpaired) electrons. The molecule has 2 aliphatic heterocycles. The van der Waals surface area contributed by atoms with Crippen LogP contribution in [0.25, 0.3) is 0 Å². The molecule has 12 heteroatoms. The van der Waals surface area contributed by atoms with Crippen molar-refractivity contribution in [2.45, 2.75) is 11.4 Å². The van der Waals surface area contributed by atoms with Gasteiger partial charge in [-0.25, -0.2) is 4.79 Å². The number of aliphatic carboxylic acids is 1. The number of rotatable bonds is 5. The third kappa shape index (κ3) is 2.91. The van der Waals surface area contributed by atoms with Gasteiger partial charge in [-0.05, 0) is 6.08 Å². The third-order valence-corrected chi connectivity index (χ3v) is 4.70. The van der Waals surface area contributed by atoms with Gasteiger partial charge in [0.15, 0.2) is 5.71 Å². The number of carboxylic acids is 1. The van der Waals surface area contributed by atoms with Gasteiger partial charge in [0.1, 0.15) is 36.2 Å². The SMILES string of the molecule is CO/N=C(\C(=O)N[C@@H]1C(=O)N2C(C(=O)O)=CCS[C@@H]12)c1coc(N)n1. The average molecular weight is 367 g/mol. The Kier molecular flexibility index (Phi) is 4.35. The molecule has 0 unspecified atom stereocenters. The lowest BCUT2D eigenvalue weighted by Gasteiger charge is -2.48. The van der Waals surface area contributed by atoms with Crippen LogP contribution >= 0.6 is 11.8 Å². The van der Waals surface area contributed by atoms with Gasteiger partial charge in [0.2, 0.25) is 0 Å². The van der Waals surface area contributed by atoms with Crippen molar-refractivity contribution >= 4 is 41.3 Å². The van der Waals surface area contributed by atoms with Crippen LogP contribution in [0.3, 0.4) is 0 Å². The highest BCUT2D eigenvalue weighted by molar-refractivity contribution is 8.00. The van der Waals surface area contributed by atoms with Gasteiger partial charge >= 0.3 is 5.97 Å². The van der Waals surface area contributed by atoms with Crippen molar-refractivity contribution in [3.63, 3.8) is 0 Å². The summed E-state index contributed by atoms with van der Waals surface area (Å²) in [5.41, 5.74) is 5.11. The van der Waals surface area contributed by atoms with Gasteiger partial charge in [-0.3, -0.25) is 14.5 Å². The summed E-state index contributed by atoms with van der Waals surface area (Å²) in [7, 11) is 1.24. The lowest BCUT2D eigenvalue weighted by atomic mass is 10.0. The van der Waals surface area contributed by atoms with Crippen LogP contribution in [0.15, 0.2) is 27.6 Å². The highest BCUT2D eigenvalue weighted by Gasteiger charge is 2.53. The molecule has 25 heavy (non-hydrogen) atoms. The number of amides is 2. The van der Waals surface area contributed by atoms with Crippen LogP contribution in [0.1, 0.15) is 5.69 Å². The third-order valence-electron chi connectivity index (χ3n) is 3.51. The first-order chi connectivity index (χ1) is 11.9. The molecule has 3 rings (SSSR count). The van der Waals surface area contributed by atoms with Gasteiger partial charge in [-0.15, -0.1) is 11.8 Å². The number of hydrogen-bond acceptors (Lipinski definition) is 9. The molecule has 132 valence electrons. The zero-order chi connectivity index (χ0) is 18.1. The Morgan fingerprint density at radius 1 is 1.60 bits per heavy atom. The van der Waals surface area contributed by atoms with Crippen LogP contribution in [-0.2, 0) is 19.2 Å². The molecule has 2 atom stereocenters. The Balaban J connectivity index is 1.75. The molecule has 1 aromatic rings. The van der Waals surface area contributed by atoms with E-state index in [-0.39, 0.29) is 23.1 Å². The highest BCUT2D eigenvalue weighted by atomic mass is 32.2. The lowest BCUT2D eigenvalue weighted by Crippen LogP contribution is -2.70. The first kappa shape index (κ1) is 16.8. The molecular weight excluding hydrogens is 354 g/mol. The summed E-state index contributed by atoms with van der Waals surface area (Å²) in [5.74, 6) is -2.01. The van der Waals surface area contributed by atoms with Gasteiger partial charge < -0.3 is 25.4 Å². The number of nitrogens with zero attached hydrogens (tertiary/aromatic N) is 3. The maximum atomic E-state index is 12.4. The van der Waals surface area contributed by atoms with E-state index in [0.29, 0.717) is 5.75 Å². The Morgan fingerprint density at radius 2 is 2.36 bits per heavy atom. The van der Waals surface area contributed by atoms with Crippen molar-refractivity contribution in [3.05, 3.63) is 23.7 Å². The molecule has 1 saturated heterocycles. The Hall–Kier alpha value is -3.02. The molecule has 0 saturated carbocycles. The van der Waals surface area contributed by atoms with Gasteiger partial charge in [0.05, 0.1) is 0 Å². The summed E-state index contributed by atoms with van der Waals surface area (Å²) in [6.45, 7) is 0. The van der Waals surface area contributed by atoms with E-state index in [9.17, 15) is 14.4 Å². The van der Waals surface area contributed by atoms with Crippen LogP contribution in [-0.4, -0.2) is 62.8 Å². The van der Waals surface area contributed by atoms with E-state index in [4.69, 9.17) is 15.3 Å². The number of carbonyl (C=O) groups is 3. The number of aromatic nitrogens is 1. The van der Waals surface area contributed by atoms with Crippen molar-refractivity contribution in [1.29, 1.82) is 0 Å². The standard InChI is InChI=1S/C13H13N5O6S/c1-23-17-7(5-4-24-13(14)15-5)9(19)16-8-10(20)18-6(12(21)22)2-3-25-11(8)18/h2,4,8,11H,3H2,1H3,(H2,14,15)(H,16,19)(H,21,22)/b17-7-/t8-,11+/m1/s1. The number of carbonyl (C=O) groups excluding carboxylic acids is 2. The van der Waals surface area contributed by atoms with Gasteiger partial charge in [-0.1, -0.05) is 5.16 Å². The van der Waals surface area contributed by atoms with Crippen LogP contribution in [0, 0.1) is 0 Å². The van der Waals surface area contributed by atoms with E-state index in [2.05, 4.69) is 20.3 Å². The van der Waals surface area contributed by atoms with Crippen LogP contribution in [0.2, 0.25) is 0 Å². The molecule has 0 aromatic carbocycles. The second-order valence-corrected chi connectivity index (χ2v) is 6.12. The number of nitrogen functional groups attached to an aromatic ring is 1. The number of anilines is 1. The molecular formula is C13H13N5O6S. The van der Waals surface area contributed by atoms with E-state index in [0.717, 1.165) is 11.2 Å². The number of nitrogens with two attached hydrogens (primary N) is 1. The summed E-state index contributed by atoms with van der Waals surface area (Å²) in [6.07, 6.45) is 2.58. The fraction of sp³-hybridized carbons (Fsp3) is 0.308. The second-order valence-electron chi connectivity index (χ2n) is 4.97.